The number of unbranched alkanes of at least 4 members (excludes halogenated alkanes) is 4. The van der Waals surface area contributed by atoms with Crippen molar-refractivity contribution in [2.75, 3.05) is 13.2 Å². The summed E-state index contributed by atoms with van der Waals surface area (Å²) in [6.07, 6.45) is 9.99. The van der Waals surface area contributed by atoms with Gasteiger partial charge in [-0.25, -0.2) is 0 Å². The van der Waals surface area contributed by atoms with Crippen molar-refractivity contribution in [1.82, 2.24) is 0 Å². The molecular weight excluding hydrogens is 216 g/mol. The first kappa shape index (κ1) is 14.7. The minimum absolute atomic E-state index is 0.0569. The number of rotatable bonds is 9. The predicted molar refractivity (Wildman–Crippen MR) is 67.9 cm³/mol. The Morgan fingerprint density at radius 2 is 1.94 bits per heavy atom. The fraction of sp³-hybridized carbons (Fsp3) is 0.929. The van der Waals surface area contributed by atoms with Gasteiger partial charge in [0.25, 0.3) is 0 Å². The molecule has 0 N–H and O–H groups in total. The molecule has 1 atom stereocenters. The van der Waals surface area contributed by atoms with Crippen LogP contribution in [-0.4, -0.2) is 25.3 Å². The van der Waals surface area contributed by atoms with Crippen LogP contribution in [0, 0.1) is 0 Å². The molecule has 3 nitrogen and oxygen atoms in total. The molecule has 0 aliphatic carbocycles. The Labute approximate surface area is 105 Å². The zero-order valence-corrected chi connectivity index (χ0v) is 11.1. The lowest BCUT2D eigenvalue weighted by Crippen LogP contribution is -2.22. The van der Waals surface area contributed by atoms with Crippen LogP contribution in [0.3, 0.4) is 0 Å². The number of carbonyl (C=O) groups excluding carboxylic acids is 1. The lowest BCUT2D eigenvalue weighted by atomic mass is 10.1. The number of Topliss-reactive ketones (excluding diaryl/α,β-unsaturated/α-hetero) is 1. The van der Waals surface area contributed by atoms with Crippen LogP contribution in [0.5, 0.6) is 0 Å². The summed E-state index contributed by atoms with van der Waals surface area (Å²) in [5.41, 5.74) is 0. The van der Waals surface area contributed by atoms with E-state index in [0.29, 0.717) is 5.78 Å². The second kappa shape index (κ2) is 9.60. The molecule has 0 radical (unpaired) electrons. The summed E-state index contributed by atoms with van der Waals surface area (Å²) in [5.74, 6) is 0.308. The standard InChI is InChI=1S/C14H26O3/c1-13(15)9-5-3-2-4-7-11-16-14-10-6-8-12-17-14/h14H,2-12H2,1H3. The van der Waals surface area contributed by atoms with E-state index in [9.17, 15) is 4.79 Å². The Morgan fingerprint density at radius 3 is 2.65 bits per heavy atom. The average Bonchev–Trinajstić information content (AvgIpc) is 2.33. The van der Waals surface area contributed by atoms with Crippen LogP contribution in [0.1, 0.15) is 64.7 Å². The SMILES string of the molecule is CC(=O)CCCCCCCOC1CCCCO1. The van der Waals surface area contributed by atoms with Crippen molar-refractivity contribution >= 4 is 5.78 Å². The Kier molecular flexibility index (Phi) is 8.28. The van der Waals surface area contributed by atoms with Crippen molar-refractivity contribution in [3.05, 3.63) is 0 Å². The van der Waals surface area contributed by atoms with E-state index in [-0.39, 0.29) is 6.29 Å². The van der Waals surface area contributed by atoms with Crippen molar-refractivity contribution < 1.29 is 14.3 Å². The third kappa shape index (κ3) is 8.33. The molecule has 0 amide bonds. The summed E-state index contributed by atoms with van der Waals surface area (Å²) in [4.78, 5) is 10.7. The van der Waals surface area contributed by atoms with Gasteiger partial charge in [0, 0.05) is 19.6 Å². The van der Waals surface area contributed by atoms with Gasteiger partial charge in [-0.05, 0) is 39.0 Å². The summed E-state index contributed by atoms with van der Waals surface area (Å²) >= 11 is 0. The Hall–Kier alpha value is -0.410. The third-order valence-electron chi connectivity index (χ3n) is 3.11. The number of hydrogen-bond donors (Lipinski definition) is 0. The van der Waals surface area contributed by atoms with Gasteiger partial charge in [-0.3, -0.25) is 0 Å². The molecule has 17 heavy (non-hydrogen) atoms. The van der Waals surface area contributed by atoms with E-state index >= 15 is 0 Å². The number of hydrogen-bond acceptors (Lipinski definition) is 3. The van der Waals surface area contributed by atoms with Gasteiger partial charge in [-0.1, -0.05) is 19.3 Å². The Morgan fingerprint density at radius 1 is 1.18 bits per heavy atom. The summed E-state index contributed by atoms with van der Waals surface area (Å²) in [5, 5.41) is 0. The van der Waals surface area contributed by atoms with Crippen LogP contribution < -0.4 is 0 Å². The van der Waals surface area contributed by atoms with E-state index in [2.05, 4.69) is 0 Å². The number of ketones is 1. The van der Waals surface area contributed by atoms with Crippen molar-refractivity contribution in [2.24, 2.45) is 0 Å². The summed E-state index contributed by atoms with van der Waals surface area (Å²) in [7, 11) is 0. The molecule has 0 aromatic carbocycles. The first-order chi connectivity index (χ1) is 8.29. The molecule has 0 saturated carbocycles. The van der Waals surface area contributed by atoms with Crippen LogP contribution in [-0.2, 0) is 14.3 Å². The minimum Gasteiger partial charge on any atom is -0.353 e. The van der Waals surface area contributed by atoms with Crippen LogP contribution in [0.25, 0.3) is 0 Å². The third-order valence-corrected chi connectivity index (χ3v) is 3.11. The molecule has 1 heterocycles. The van der Waals surface area contributed by atoms with Gasteiger partial charge in [0.1, 0.15) is 5.78 Å². The summed E-state index contributed by atoms with van der Waals surface area (Å²) in [6, 6.07) is 0. The minimum atomic E-state index is 0.0569. The number of ether oxygens (including phenoxy) is 2. The van der Waals surface area contributed by atoms with E-state index in [4.69, 9.17) is 9.47 Å². The van der Waals surface area contributed by atoms with Gasteiger partial charge in [0.05, 0.1) is 0 Å². The van der Waals surface area contributed by atoms with Crippen LogP contribution >= 0.6 is 0 Å². The van der Waals surface area contributed by atoms with E-state index in [0.717, 1.165) is 38.9 Å². The first-order valence-electron chi connectivity index (χ1n) is 7.01. The number of carbonyl (C=O) groups is 1. The van der Waals surface area contributed by atoms with Crippen LogP contribution in [0.4, 0.5) is 0 Å². The van der Waals surface area contributed by atoms with E-state index in [1.165, 1.54) is 32.1 Å². The molecule has 1 unspecified atom stereocenters. The maximum atomic E-state index is 10.7. The molecule has 1 saturated heterocycles. The van der Waals surface area contributed by atoms with Crippen molar-refractivity contribution in [3.63, 3.8) is 0 Å². The fourth-order valence-corrected chi connectivity index (χ4v) is 2.06. The van der Waals surface area contributed by atoms with E-state index < -0.39 is 0 Å². The molecule has 0 aromatic heterocycles. The van der Waals surface area contributed by atoms with Crippen molar-refractivity contribution in [2.45, 2.75) is 71.0 Å². The first-order valence-corrected chi connectivity index (χ1v) is 7.01. The smallest absolute Gasteiger partial charge is 0.157 e. The fourth-order valence-electron chi connectivity index (χ4n) is 2.06. The maximum Gasteiger partial charge on any atom is 0.157 e. The topological polar surface area (TPSA) is 35.5 Å². The second-order valence-electron chi connectivity index (χ2n) is 4.89. The highest BCUT2D eigenvalue weighted by Gasteiger charge is 2.13. The molecule has 1 aliphatic rings. The van der Waals surface area contributed by atoms with Crippen LogP contribution in [0.15, 0.2) is 0 Å². The largest absolute Gasteiger partial charge is 0.353 e. The van der Waals surface area contributed by atoms with Gasteiger partial charge in [0.2, 0.25) is 0 Å². The molecule has 1 fully saturated rings. The molecule has 0 aromatic rings. The second-order valence-corrected chi connectivity index (χ2v) is 4.89. The van der Waals surface area contributed by atoms with Crippen LogP contribution in [0.2, 0.25) is 0 Å². The Balaban J connectivity index is 1.79. The highest BCUT2D eigenvalue weighted by Crippen LogP contribution is 2.14. The van der Waals surface area contributed by atoms with Gasteiger partial charge < -0.3 is 14.3 Å². The molecule has 0 spiro atoms. The monoisotopic (exact) mass is 242 g/mol. The van der Waals surface area contributed by atoms with E-state index in [1.54, 1.807) is 6.92 Å². The van der Waals surface area contributed by atoms with Crippen molar-refractivity contribution in [1.29, 1.82) is 0 Å². The normalized spacial score (nSPS) is 20.4. The lowest BCUT2D eigenvalue weighted by molar-refractivity contribution is -0.162. The molecular formula is C14H26O3. The van der Waals surface area contributed by atoms with E-state index in [1.807, 2.05) is 0 Å². The highest BCUT2D eigenvalue weighted by molar-refractivity contribution is 5.75. The van der Waals surface area contributed by atoms with Gasteiger partial charge >= 0.3 is 0 Å². The zero-order chi connectivity index (χ0) is 12.3. The lowest BCUT2D eigenvalue weighted by Gasteiger charge is -2.22. The zero-order valence-electron chi connectivity index (χ0n) is 11.1. The maximum absolute atomic E-state index is 10.7. The summed E-state index contributed by atoms with van der Waals surface area (Å²) in [6.45, 7) is 3.34. The predicted octanol–water partition coefficient (Wildman–Crippen LogP) is 3.46. The molecule has 1 rings (SSSR count). The Bertz CT molecular complexity index is 198. The highest BCUT2D eigenvalue weighted by atomic mass is 16.7. The van der Waals surface area contributed by atoms with Gasteiger partial charge in [-0.15, -0.1) is 0 Å². The quantitative estimate of drug-likeness (QED) is 0.581. The summed E-state index contributed by atoms with van der Waals surface area (Å²) < 4.78 is 11.1. The van der Waals surface area contributed by atoms with Gasteiger partial charge in [0.15, 0.2) is 6.29 Å². The molecule has 100 valence electrons. The molecule has 1 aliphatic heterocycles. The molecule has 0 bridgehead atoms. The van der Waals surface area contributed by atoms with Gasteiger partial charge in [-0.2, -0.15) is 0 Å². The average molecular weight is 242 g/mol. The van der Waals surface area contributed by atoms with Crippen molar-refractivity contribution in [3.8, 4) is 0 Å². The molecule has 3 heteroatoms.